The predicted octanol–water partition coefficient (Wildman–Crippen LogP) is 3.12. The lowest BCUT2D eigenvalue weighted by molar-refractivity contribution is 0.313. The minimum atomic E-state index is 0.359. The Balaban J connectivity index is 2.74. The monoisotopic (exact) mass is 237 g/mol. The van der Waals surface area contributed by atoms with Gasteiger partial charge in [-0.3, -0.25) is 4.68 Å². The van der Waals surface area contributed by atoms with E-state index in [1.807, 2.05) is 11.7 Å². The van der Waals surface area contributed by atoms with Gasteiger partial charge in [0.2, 0.25) is 0 Å². The van der Waals surface area contributed by atoms with Gasteiger partial charge >= 0.3 is 0 Å². The summed E-state index contributed by atoms with van der Waals surface area (Å²) < 4.78 is 1.97. The second-order valence-corrected chi connectivity index (χ2v) is 5.83. The van der Waals surface area contributed by atoms with Gasteiger partial charge in [0.15, 0.2) is 0 Å². The van der Waals surface area contributed by atoms with Crippen LogP contribution < -0.4 is 5.32 Å². The topological polar surface area (TPSA) is 29.9 Å². The van der Waals surface area contributed by atoms with E-state index >= 15 is 0 Å². The van der Waals surface area contributed by atoms with Gasteiger partial charge in [0.05, 0.1) is 5.69 Å². The summed E-state index contributed by atoms with van der Waals surface area (Å²) in [5, 5.41) is 8.10. The molecule has 17 heavy (non-hydrogen) atoms. The fourth-order valence-corrected chi connectivity index (χ4v) is 2.07. The molecule has 0 aromatic carbocycles. The van der Waals surface area contributed by atoms with E-state index in [9.17, 15) is 0 Å². The molecule has 0 aliphatic carbocycles. The summed E-state index contributed by atoms with van der Waals surface area (Å²) in [6, 6.07) is 0.370. The molecule has 0 saturated heterocycles. The highest BCUT2D eigenvalue weighted by Gasteiger charge is 2.20. The maximum absolute atomic E-state index is 4.47. The van der Waals surface area contributed by atoms with E-state index in [-0.39, 0.29) is 0 Å². The molecule has 0 bridgehead atoms. The number of hydrogen-bond donors (Lipinski definition) is 1. The molecule has 98 valence electrons. The van der Waals surface area contributed by atoms with Crippen LogP contribution in [0.4, 0.5) is 0 Å². The van der Waals surface area contributed by atoms with Crippen molar-refractivity contribution >= 4 is 0 Å². The highest BCUT2D eigenvalue weighted by Crippen LogP contribution is 2.23. The van der Waals surface area contributed by atoms with E-state index in [0.717, 1.165) is 12.2 Å². The van der Waals surface area contributed by atoms with Gasteiger partial charge in [-0.2, -0.15) is 5.10 Å². The fraction of sp³-hybridized carbons (Fsp3) is 0.786. The summed E-state index contributed by atoms with van der Waals surface area (Å²) >= 11 is 0. The van der Waals surface area contributed by atoms with Crippen molar-refractivity contribution in [2.24, 2.45) is 12.5 Å². The molecule has 0 saturated carbocycles. The molecule has 0 fully saturated rings. The van der Waals surface area contributed by atoms with Crippen LogP contribution in [0.1, 0.15) is 57.1 Å². The summed E-state index contributed by atoms with van der Waals surface area (Å²) in [6.45, 7) is 14.3. The van der Waals surface area contributed by atoms with Gasteiger partial charge in [-0.15, -0.1) is 0 Å². The molecule has 0 radical (unpaired) electrons. The standard InChI is InChI=1S/C14H27N3/c1-8-14(5,6)9-15-10(2)13-11(3)16-17(7)12(13)4/h10,15H,8-9H2,1-7H3. The van der Waals surface area contributed by atoms with Gasteiger partial charge in [0.25, 0.3) is 0 Å². The van der Waals surface area contributed by atoms with Crippen molar-refractivity contribution in [3.63, 3.8) is 0 Å². The summed E-state index contributed by atoms with van der Waals surface area (Å²) in [5.74, 6) is 0. The Morgan fingerprint density at radius 1 is 1.35 bits per heavy atom. The highest BCUT2D eigenvalue weighted by molar-refractivity contribution is 5.27. The molecule has 1 N–H and O–H groups in total. The summed E-state index contributed by atoms with van der Waals surface area (Å²) in [5.41, 5.74) is 4.11. The average Bonchev–Trinajstić information content (AvgIpc) is 2.50. The minimum absolute atomic E-state index is 0.359. The van der Waals surface area contributed by atoms with Crippen molar-refractivity contribution in [1.82, 2.24) is 15.1 Å². The van der Waals surface area contributed by atoms with Crippen molar-refractivity contribution in [3.05, 3.63) is 17.0 Å². The van der Waals surface area contributed by atoms with Crippen molar-refractivity contribution < 1.29 is 0 Å². The lowest BCUT2D eigenvalue weighted by atomic mass is 9.90. The second kappa shape index (κ2) is 5.21. The SMILES string of the molecule is CCC(C)(C)CNC(C)c1c(C)nn(C)c1C. The third-order valence-corrected chi connectivity index (χ3v) is 3.84. The van der Waals surface area contributed by atoms with Gasteiger partial charge in [0, 0.05) is 30.9 Å². The Kier molecular flexibility index (Phi) is 4.36. The van der Waals surface area contributed by atoms with E-state index in [2.05, 4.69) is 52.0 Å². The van der Waals surface area contributed by atoms with Gasteiger partial charge < -0.3 is 5.32 Å². The highest BCUT2D eigenvalue weighted by atomic mass is 15.3. The number of aryl methyl sites for hydroxylation is 2. The van der Waals surface area contributed by atoms with Crippen molar-refractivity contribution in [3.8, 4) is 0 Å². The zero-order valence-electron chi connectivity index (χ0n) is 12.4. The van der Waals surface area contributed by atoms with Gasteiger partial charge in [-0.1, -0.05) is 20.8 Å². The number of aromatic nitrogens is 2. The molecule has 1 rings (SSSR count). The number of rotatable bonds is 5. The minimum Gasteiger partial charge on any atom is -0.310 e. The van der Waals surface area contributed by atoms with Crippen LogP contribution in [0.2, 0.25) is 0 Å². The van der Waals surface area contributed by atoms with E-state index in [1.54, 1.807) is 0 Å². The Morgan fingerprint density at radius 3 is 2.35 bits per heavy atom. The molecule has 1 aromatic rings. The largest absolute Gasteiger partial charge is 0.310 e. The van der Waals surface area contributed by atoms with Gasteiger partial charge in [-0.25, -0.2) is 0 Å². The molecule has 0 aliphatic rings. The molecule has 1 heterocycles. The van der Waals surface area contributed by atoms with Crippen LogP contribution in [-0.4, -0.2) is 16.3 Å². The molecule has 0 spiro atoms. The first-order chi connectivity index (χ1) is 7.78. The van der Waals surface area contributed by atoms with Crippen LogP contribution in [0.3, 0.4) is 0 Å². The van der Waals surface area contributed by atoms with Crippen LogP contribution in [0, 0.1) is 19.3 Å². The predicted molar refractivity (Wildman–Crippen MR) is 73.2 cm³/mol. The first kappa shape index (κ1) is 14.2. The third kappa shape index (κ3) is 3.32. The molecular weight excluding hydrogens is 210 g/mol. The average molecular weight is 237 g/mol. The molecule has 0 amide bonds. The zero-order valence-corrected chi connectivity index (χ0v) is 12.4. The summed E-state index contributed by atoms with van der Waals surface area (Å²) in [7, 11) is 2.01. The molecule has 0 aliphatic heterocycles. The Hall–Kier alpha value is -0.830. The van der Waals surface area contributed by atoms with Crippen molar-refractivity contribution in [1.29, 1.82) is 0 Å². The third-order valence-electron chi connectivity index (χ3n) is 3.84. The van der Waals surface area contributed by atoms with E-state index in [1.165, 1.54) is 17.7 Å². The fourth-order valence-electron chi connectivity index (χ4n) is 2.07. The number of nitrogens with one attached hydrogen (secondary N) is 1. The van der Waals surface area contributed by atoms with Crippen LogP contribution in [0.15, 0.2) is 0 Å². The van der Waals surface area contributed by atoms with E-state index in [0.29, 0.717) is 11.5 Å². The quantitative estimate of drug-likeness (QED) is 0.852. The first-order valence-corrected chi connectivity index (χ1v) is 6.52. The lowest BCUT2D eigenvalue weighted by Gasteiger charge is -2.26. The van der Waals surface area contributed by atoms with Crippen LogP contribution in [0.5, 0.6) is 0 Å². The van der Waals surface area contributed by atoms with Crippen molar-refractivity contribution in [2.75, 3.05) is 6.54 Å². The second-order valence-electron chi connectivity index (χ2n) is 5.83. The normalized spacial score (nSPS) is 14.1. The smallest absolute Gasteiger partial charge is 0.0644 e. The Bertz CT molecular complexity index is 377. The molecule has 1 unspecified atom stereocenters. The van der Waals surface area contributed by atoms with E-state index in [4.69, 9.17) is 0 Å². The van der Waals surface area contributed by atoms with Crippen LogP contribution in [-0.2, 0) is 7.05 Å². The maximum atomic E-state index is 4.47. The van der Waals surface area contributed by atoms with Gasteiger partial charge in [0.1, 0.15) is 0 Å². The van der Waals surface area contributed by atoms with Crippen LogP contribution >= 0.6 is 0 Å². The van der Waals surface area contributed by atoms with Gasteiger partial charge in [-0.05, 0) is 32.6 Å². The van der Waals surface area contributed by atoms with Crippen molar-refractivity contribution in [2.45, 2.75) is 54.0 Å². The van der Waals surface area contributed by atoms with Crippen LogP contribution in [0.25, 0.3) is 0 Å². The lowest BCUT2D eigenvalue weighted by Crippen LogP contribution is -2.31. The molecule has 1 aromatic heterocycles. The Morgan fingerprint density at radius 2 is 1.94 bits per heavy atom. The molecular formula is C14H27N3. The Labute approximate surface area is 106 Å². The number of hydrogen-bond acceptors (Lipinski definition) is 2. The summed E-state index contributed by atoms with van der Waals surface area (Å²) in [4.78, 5) is 0. The first-order valence-electron chi connectivity index (χ1n) is 6.52. The maximum Gasteiger partial charge on any atom is 0.0644 e. The molecule has 3 nitrogen and oxygen atoms in total. The summed E-state index contributed by atoms with van der Waals surface area (Å²) in [6.07, 6.45) is 1.19. The zero-order chi connectivity index (χ0) is 13.2. The molecule has 3 heteroatoms. The number of nitrogens with zero attached hydrogens (tertiary/aromatic N) is 2. The van der Waals surface area contributed by atoms with E-state index < -0.39 is 0 Å². The molecule has 1 atom stereocenters.